The van der Waals surface area contributed by atoms with Crippen LogP contribution < -0.4 is 25.1 Å². The number of rotatable bonds is 5. The summed E-state index contributed by atoms with van der Waals surface area (Å²) in [6.45, 7) is 3.90. The van der Waals surface area contributed by atoms with Crippen LogP contribution in [0.15, 0.2) is 42.5 Å². The van der Waals surface area contributed by atoms with Crippen LogP contribution in [0.2, 0.25) is 0 Å². The molecule has 27 heavy (non-hydrogen) atoms. The number of ether oxygens (including phenoxy) is 3. The summed E-state index contributed by atoms with van der Waals surface area (Å²) in [5, 5.41) is 0. The maximum absolute atomic E-state index is 11.8. The Kier molecular flexibility index (Phi) is 5.61. The minimum Gasteiger partial charge on any atom is -0.484 e. The van der Waals surface area contributed by atoms with E-state index in [9.17, 15) is 9.59 Å². The molecule has 0 spiro atoms. The van der Waals surface area contributed by atoms with Gasteiger partial charge in [0.15, 0.2) is 18.1 Å². The van der Waals surface area contributed by atoms with Crippen LogP contribution in [0.4, 0.5) is 0 Å². The first-order valence-electron chi connectivity index (χ1n) is 8.37. The summed E-state index contributed by atoms with van der Waals surface area (Å²) in [4.78, 5) is 23.6. The fourth-order valence-corrected chi connectivity index (χ4v) is 2.56. The topological polar surface area (TPSA) is 85.9 Å². The zero-order chi connectivity index (χ0) is 19.2. The highest BCUT2D eigenvalue weighted by Crippen LogP contribution is 2.32. The summed E-state index contributed by atoms with van der Waals surface area (Å²) in [5.74, 6) is 0.991. The SMILES string of the molecule is Cc1cc(C)cc(OCC(=O)NNC(=O)/C=C/c2ccc3c(c2)OCO3)c1. The second kappa shape index (κ2) is 8.27. The molecule has 140 valence electrons. The van der Waals surface area contributed by atoms with E-state index in [1.165, 1.54) is 6.08 Å². The van der Waals surface area contributed by atoms with Gasteiger partial charge >= 0.3 is 0 Å². The maximum atomic E-state index is 11.8. The van der Waals surface area contributed by atoms with Crippen LogP contribution in [0.1, 0.15) is 16.7 Å². The third kappa shape index (κ3) is 5.24. The lowest BCUT2D eigenvalue weighted by Crippen LogP contribution is -2.43. The van der Waals surface area contributed by atoms with Crippen molar-refractivity contribution in [1.82, 2.24) is 10.9 Å². The van der Waals surface area contributed by atoms with Crippen molar-refractivity contribution in [2.45, 2.75) is 13.8 Å². The van der Waals surface area contributed by atoms with Gasteiger partial charge in [0.25, 0.3) is 11.8 Å². The highest BCUT2D eigenvalue weighted by molar-refractivity contribution is 5.93. The summed E-state index contributed by atoms with van der Waals surface area (Å²) in [7, 11) is 0. The van der Waals surface area contributed by atoms with E-state index in [4.69, 9.17) is 14.2 Å². The third-order valence-corrected chi connectivity index (χ3v) is 3.71. The Morgan fingerprint density at radius 2 is 1.78 bits per heavy atom. The molecule has 0 aromatic heterocycles. The molecule has 7 nitrogen and oxygen atoms in total. The zero-order valence-corrected chi connectivity index (χ0v) is 15.1. The molecular weight excluding hydrogens is 348 g/mol. The van der Waals surface area contributed by atoms with Crippen molar-refractivity contribution in [1.29, 1.82) is 0 Å². The van der Waals surface area contributed by atoms with Crippen LogP contribution >= 0.6 is 0 Å². The summed E-state index contributed by atoms with van der Waals surface area (Å²) in [5.41, 5.74) is 7.48. The van der Waals surface area contributed by atoms with Gasteiger partial charge in [-0.25, -0.2) is 0 Å². The smallest absolute Gasteiger partial charge is 0.276 e. The predicted octanol–water partition coefficient (Wildman–Crippen LogP) is 2.27. The largest absolute Gasteiger partial charge is 0.484 e. The maximum Gasteiger partial charge on any atom is 0.276 e. The number of amides is 2. The van der Waals surface area contributed by atoms with Crippen molar-refractivity contribution < 1.29 is 23.8 Å². The predicted molar refractivity (Wildman–Crippen MR) is 99.3 cm³/mol. The van der Waals surface area contributed by atoms with Gasteiger partial charge in [-0.3, -0.25) is 20.4 Å². The van der Waals surface area contributed by atoms with E-state index in [2.05, 4.69) is 10.9 Å². The number of hydrogen-bond donors (Lipinski definition) is 2. The average molecular weight is 368 g/mol. The Morgan fingerprint density at radius 1 is 1.04 bits per heavy atom. The number of nitrogens with one attached hydrogen (secondary N) is 2. The fourth-order valence-electron chi connectivity index (χ4n) is 2.56. The molecule has 0 radical (unpaired) electrons. The van der Waals surface area contributed by atoms with Crippen LogP contribution in [-0.4, -0.2) is 25.2 Å². The van der Waals surface area contributed by atoms with E-state index in [-0.39, 0.29) is 13.4 Å². The van der Waals surface area contributed by atoms with Crippen molar-refractivity contribution in [2.75, 3.05) is 13.4 Å². The zero-order valence-electron chi connectivity index (χ0n) is 15.1. The van der Waals surface area contributed by atoms with Gasteiger partial charge < -0.3 is 14.2 Å². The molecule has 0 unspecified atom stereocenters. The molecule has 0 saturated heterocycles. The van der Waals surface area contributed by atoms with Crippen molar-refractivity contribution in [3.63, 3.8) is 0 Å². The molecule has 0 aliphatic carbocycles. The summed E-state index contributed by atoms with van der Waals surface area (Å²) in [6, 6.07) is 11.0. The molecule has 1 aliphatic heterocycles. The van der Waals surface area contributed by atoms with E-state index in [1.54, 1.807) is 24.3 Å². The highest BCUT2D eigenvalue weighted by Gasteiger charge is 2.12. The van der Waals surface area contributed by atoms with Gasteiger partial charge in [0.1, 0.15) is 5.75 Å². The van der Waals surface area contributed by atoms with Crippen molar-refractivity contribution in [2.24, 2.45) is 0 Å². The molecule has 1 heterocycles. The first-order valence-corrected chi connectivity index (χ1v) is 8.37. The normalized spacial score (nSPS) is 12.1. The minimum absolute atomic E-state index is 0.194. The lowest BCUT2D eigenvalue weighted by atomic mass is 10.1. The Morgan fingerprint density at radius 3 is 2.56 bits per heavy atom. The number of aryl methyl sites for hydroxylation is 2. The van der Waals surface area contributed by atoms with Crippen molar-refractivity contribution in [3.8, 4) is 17.2 Å². The number of hydrogen-bond acceptors (Lipinski definition) is 5. The van der Waals surface area contributed by atoms with E-state index >= 15 is 0 Å². The van der Waals surface area contributed by atoms with Crippen LogP contribution in [0.25, 0.3) is 6.08 Å². The molecule has 0 bridgehead atoms. The first kappa shape index (κ1) is 18.3. The molecule has 0 fully saturated rings. The number of fused-ring (bicyclic) bond motifs is 1. The van der Waals surface area contributed by atoms with E-state index in [0.29, 0.717) is 17.2 Å². The number of carbonyl (C=O) groups excluding carboxylic acids is 2. The Hall–Kier alpha value is -3.48. The van der Waals surface area contributed by atoms with E-state index in [1.807, 2.05) is 32.0 Å². The third-order valence-electron chi connectivity index (χ3n) is 3.71. The van der Waals surface area contributed by atoms with Crippen LogP contribution in [0, 0.1) is 13.8 Å². The van der Waals surface area contributed by atoms with Crippen molar-refractivity contribution >= 4 is 17.9 Å². The fraction of sp³-hybridized carbons (Fsp3) is 0.200. The molecule has 0 saturated carbocycles. The highest BCUT2D eigenvalue weighted by atomic mass is 16.7. The molecule has 2 aromatic rings. The number of carbonyl (C=O) groups is 2. The molecule has 2 N–H and O–H groups in total. The van der Waals surface area contributed by atoms with Gasteiger partial charge in [0.2, 0.25) is 6.79 Å². The van der Waals surface area contributed by atoms with Gasteiger partial charge in [-0.05, 0) is 60.9 Å². The molecule has 0 atom stereocenters. The van der Waals surface area contributed by atoms with Crippen LogP contribution in [-0.2, 0) is 9.59 Å². The molecule has 3 rings (SSSR count). The van der Waals surface area contributed by atoms with Gasteiger partial charge in [-0.2, -0.15) is 0 Å². The Labute approximate surface area is 156 Å². The monoisotopic (exact) mass is 368 g/mol. The summed E-state index contributed by atoms with van der Waals surface area (Å²) >= 11 is 0. The molecule has 1 aliphatic rings. The Bertz CT molecular complexity index is 872. The molecule has 7 heteroatoms. The quantitative estimate of drug-likeness (QED) is 0.625. The van der Waals surface area contributed by atoms with Crippen molar-refractivity contribution in [3.05, 3.63) is 59.2 Å². The second-order valence-corrected chi connectivity index (χ2v) is 6.10. The van der Waals surface area contributed by atoms with Gasteiger partial charge in [-0.1, -0.05) is 12.1 Å². The van der Waals surface area contributed by atoms with Crippen LogP contribution in [0.5, 0.6) is 17.2 Å². The Balaban J connectivity index is 1.43. The molecule has 2 aromatic carbocycles. The van der Waals surface area contributed by atoms with Gasteiger partial charge in [-0.15, -0.1) is 0 Å². The number of hydrazine groups is 1. The van der Waals surface area contributed by atoms with Crippen LogP contribution in [0.3, 0.4) is 0 Å². The molecule has 2 amide bonds. The van der Waals surface area contributed by atoms with E-state index in [0.717, 1.165) is 16.7 Å². The van der Waals surface area contributed by atoms with E-state index < -0.39 is 11.8 Å². The van der Waals surface area contributed by atoms with Gasteiger partial charge in [0.05, 0.1) is 0 Å². The lowest BCUT2D eigenvalue weighted by molar-refractivity contribution is -0.128. The average Bonchev–Trinajstić information content (AvgIpc) is 3.10. The minimum atomic E-state index is -0.465. The second-order valence-electron chi connectivity index (χ2n) is 6.10. The van der Waals surface area contributed by atoms with Gasteiger partial charge in [0, 0.05) is 6.08 Å². The summed E-state index contributed by atoms with van der Waals surface area (Å²) in [6.07, 6.45) is 2.91. The number of benzene rings is 2. The standard InChI is InChI=1S/C20H20N2O5/c1-13-7-14(2)9-16(8-13)25-11-20(24)22-21-19(23)6-4-15-3-5-17-18(10-15)27-12-26-17/h3-10H,11-12H2,1-2H3,(H,21,23)(H,22,24)/b6-4+. The molecular formula is C20H20N2O5. The lowest BCUT2D eigenvalue weighted by Gasteiger charge is -2.09. The summed E-state index contributed by atoms with van der Waals surface area (Å²) < 4.78 is 15.9. The first-order chi connectivity index (χ1) is 13.0.